The zero-order valence-corrected chi connectivity index (χ0v) is 18.5. The minimum absolute atomic E-state index is 0.358. The van der Waals surface area contributed by atoms with Gasteiger partial charge in [-0.1, -0.05) is 11.6 Å². The number of aliphatic hydroxyl groups excluding tert-OH is 2. The van der Waals surface area contributed by atoms with Gasteiger partial charge in [-0.15, -0.1) is 0 Å². The standard InChI is InChI=1S/C21H22BrClN4O3/c22-13-8-27(21-17(13)20(24)25-9-26-21)14-7-16(19(29)18(14)28)30-15-6-11(23)5-10-3-1-2-4-12(10)15/h5-6,8-9,14,16,18-19,28-29H,1-4,7H2,(H2,24,25,26)/t14-,16+,18+,19-/m1/s1. The summed E-state index contributed by atoms with van der Waals surface area (Å²) in [6, 6.07) is 3.40. The van der Waals surface area contributed by atoms with Gasteiger partial charge in [-0.05, 0) is 64.9 Å². The highest BCUT2D eigenvalue weighted by Crippen LogP contribution is 2.40. The number of aliphatic hydroxyl groups is 2. The third-order valence-electron chi connectivity index (χ3n) is 6.22. The fraction of sp³-hybridized carbons (Fsp3) is 0.429. The van der Waals surface area contributed by atoms with Crippen molar-refractivity contribution in [1.29, 1.82) is 0 Å². The molecule has 3 aromatic rings. The highest BCUT2D eigenvalue weighted by molar-refractivity contribution is 9.10. The van der Waals surface area contributed by atoms with Crippen molar-refractivity contribution >= 4 is 44.4 Å². The second kappa shape index (κ2) is 7.67. The molecule has 0 unspecified atom stereocenters. The number of anilines is 1. The molecule has 1 aromatic carbocycles. The third kappa shape index (κ3) is 3.26. The van der Waals surface area contributed by atoms with Crippen LogP contribution in [0.25, 0.3) is 11.0 Å². The SMILES string of the molecule is Nc1ncnc2c1c(Br)cn2[C@@H]1C[C@H](Oc2cc(Cl)cc3c2CCCC3)[C@@H](O)[C@H]1O. The minimum atomic E-state index is -1.04. The Hall–Kier alpha value is -1.87. The Morgan fingerprint density at radius 2 is 1.97 bits per heavy atom. The van der Waals surface area contributed by atoms with Crippen molar-refractivity contribution < 1.29 is 14.9 Å². The monoisotopic (exact) mass is 492 g/mol. The zero-order chi connectivity index (χ0) is 21.0. The van der Waals surface area contributed by atoms with Crippen LogP contribution in [0.3, 0.4) is 0 Å². The molecular formula is C21H22BrClN4O3. The molecule has 5 rings (SSSR count). The van der Waals surface area contributed by atoms with Gasteiger partial charge >= 0.3 is 0 Å². The van der Waals surface area contributed by atoms with Crippen molar-refractivity contribution in [3.05, 3.63) is 45.3 Å². The van der Waals surface area contributed by atoms with Gasteiger partial charge in [-0.25, -0.2) is 9.97 Å². The number of aromatic nitrogens is 3. The first-order valence-electron chi connectivity index (χ1n) is 10.0. The van der Waals surface area contributed by atoms with E-state index in [9.17, 15) is 10.2 Å². The molecule has 7 nitrogen and oxygen atoms in total. The van der Waals surface area contributed by atoms with E-state index < -0.39 is 24.4 Å². The largest absolute Gasteiger partial charge is 0.487 e. The Morgan fingerprint density at radius 1 is 1.17 bits per heavy atom. The average Bonchev–Trinajstić information content (AvgIpc) is 3.20. The molecule has 0 radical (unpaired) electrons. The highest BCUT2D eigenvalue weighted by atomic mass is 79.9. The molecule has 1 saturated carbocycles. The summed E-state index contributed by atoms with van der Waals surface area (Å²) in [7, 11) is 0. The number of nitrogens with two attached hydrogens (primary N) is 1. The molecule has 0 amide bonds. The molecule has 2 aliphatic carbocycles. The molecule has 0 aliphatic heterocycles. The van der Waals surface area contributed by atoms with E-state index in [1.165, 1.54) is 11.9 Å². The van der Waals surface area contributed by atoms with Gasteiger partial charge in [-0.3, -0.25) is 0 Å². The van der Waals surface area contributed by atoms with E-state index in [0.29, 0.717) is 34.0 Å². The fourth-order valence-electron chi connectivity index (χ4n) is 4.73. The lowest BCUT2D eigenvalue weighted by Crippen LogP contribution is -2.34. The van der Waals surface area contributed by atoms with E-state index in [-0.39, 0.29) is 0 Å². The Labute approximate surface area is 187 Å². The number of benzene rings is 1. The van der Waals surface area contributed by atoms with Gasteiger partial charge in [0.25, 0.3) is 0 Å². The van der Waals surface area contributed by atoms with Crippen LogP contribution < -0.4 is 10.5 Å². The summed E-state index contributed by atoms with van der Waals surface area (Å²) in [5, 5.41) is 22.9. The van der Waals surface area contributed by atoms with Crippen molar-refractivity contribution in [3.63, 3.8) is 0 Å². The predicted octanol–water partition coefficient (Wildman–Crippen LogP) is 3.42. The van der Waals surface area contributed by atoms with Crippen LogP contribution in [0.15, 0.2) is 29.1 Å². The number of nitrogens with zero attached hydrogens (tertiary/aromatic N) is 3. The summed E-state index contributed by atoms with van der Waals surface area (Å²) in [5.41, 5.74) is 8.97. The van der Waals surface area contributed by atoms with Gasteiger partial charge in [0.15, 0.2) is 0 Å². The summed E-state index contributed by atoms with van der Waals surface area (Å²) < 4.78 is 8.83. The molecule has 4 N–H and O–H groups in total. The molecule has 9 heteroatoms. The van der Waals surface area contributed by atoms with Crippen LogP contribution in [0.5, 0.6) is 5.75 Å². The Balaban J connectivity index is 1.47. The fourth-order valence-corrected chi connectivity index (χ4v) is 5.57. The maximum absolute atomic E-state index is 10.8. The van der Waals surface area contributed by atoms with Crippen molar-refractivity contribution in [3.8, 4) is 5.75 Å². The molecule has 0 spiro atoms. The van der Waals surface area contributed by atoms with Crippen LogP contribution in [0.1, 0.15) is 36.4 Å². The Bertz CT molecular complexity index is 1120. The highest BCUT2D eigenvalue weighted by Gasteiger charge is 2.45. The minimum Gasteiger partial charge on any atom is -0.487 e. The molecule has 30 heavy (non-hydrogen) atoms. The molecule has 2 heterocycles. The second-order valence-corrected chi connectivity index (χ2v) is 9.32. The lowest BCUT2D eigenvalue weighted by atomic mass is 9.91. The summed E-state index contributed by atoms with van der Waals surface area (Å²) in [6.07, 6.45) is 5.18. The molecule has 158 valence electrons. The molecule has 2 aliphatic rings. The van der Waals surface area contributed by atoms with Gasteiger partial charge in [0.1, 0.15) is 41.9 Å². The van der Waals surface area contributed by atoms with Gasteiger partial charge < -0.3 is 25.3 Å². The summed E-state index contributed by atoms with van der Waals surface area (Å²) >= 11 is 9.81. The molecular weight excluding hydrogens is 472 g/mol. The van der Waals surface area contributed by atoms with E-state index in [0.717, 1.165) is 35.7 Å². The van der Waals surface area contributed by atoms with E-state index in [1.54, 1.807) is 0 Å². The lowest BCUT2D eigenvalue weighted by Gasteiger charge is -2.24. The summed E-state index contributed by atoms with van der Waals surface area (Å²) in [5.74, 6) is 1.07. The normalized spacial score (nSPS) is 26.1. The second-order valence-electron chi connectivity index (χ2n) is 8.03. The summed E-state index contributed by atoms with van der Waals surface area (Å²) in [6.45, 7) is 0. The smallest absolute Gasteiger partial charge is 0.147 e. The van der Waals surface area contributed by atoms with Gasteiger partial charge in [0.05, 0.1) is 11.4 Å². The average molecular weight is 494 g/mol. The number of ether oxygens (including phenoxy) is 1. The van der Waals surface area contributed by atoms with Gasteiger partial charge in [-0.2, -0.15) is 0 Å². The first-order chi connectivity index (χ1) is 14.4. The van der Waals surface area contributed by atoms with Crippen molar-refractivity contribution in [2.24, 2.45) is 0 Å². The zero-order valence-electron chi connectivity index (χ0n) is 16.1. The van der Waals surface area contributed by atoms with Crippen molar-refractivity contribution in [2.75, 3.05) is 5.73 Å². The molecule has 2 aromatic heterocycles. The topological polar surface area (TPSA) is 106 Å². The maximum Gasteiger partial charge on any atom is 0.147 e. The number of halogens is 2. The number of fused-ring (bicyclic) bond motifs is 2. The first kappa shape index (κ1) is 20.1. The first-order valence-corrected chi connectivity index (χ1v) is 11.2. The van der Waals surface area contributed by atoms with Crippen LogP contribution in [0, 0.1) is 0 Å². The van der Waals surface area contributed by atoms with Crippen LogP contribution >= 0.6 is 27.5 Å². The molecule has 1 fully saturated rings. The Kier molecular flexibility index (Phi) is 5.13. The Morgan fingerprint density at radius 3 is 2.80 bits per heavy atom. The van der Waals surface area contributed by atoms with Crippen LogP contribution in [-0.4, -0.2) is 43.1 Å². The lowest BCUT2D eigenvalue weighted by molar-refractivity contribution is -0.0166. The van der Waals surface area contributed by atoms with Crippen LogP contribution in [0.2, 0.25) is 5.02 Å². The van der Waals surface area contributed by atoms with Gasteiger partial charge in [0.2, 0.25) is 0 Å². The number of aryl methyl sites for hydroxylation is 1. The van der Waals surface area contributed by atoms with Crippen molar-refractivity contribution in [1.82, 2.24) is 14.5 Å². The molecule has 0 bridgehead atoms. The maximum atomic E-state index is 10.8. The van der Waals surface area contributed by atoms with E-state index in [2.05, 4.69) is 25.9 Å². The molecule has 0 saturated heterocycles. The van der Waals surface area contributed by atoms with E-state index in [4.69, 9.17) is 22.1 Å². The van der Waals surface area contributed by atoms with Crippen molar-refractivity contribution in [2.45, 2.75) is 56.5 Å². The number of hydrogen-bond donors (Lipinski definition) is 3. The number of nitrogen functional groups attached to an aromatic ring is 1. The third-order valence-corrected chi connectivity index (χ3v) is 7.04. The number of rotatable bonds is 3. The van der Waals surface area contributed by atoms with Gasteiger partial charge in [0, 0.05) is 22.1 Å². The number of hydrogen-bond acceptors (Lipinski definition) is 6. The summed E-state index contributed by atoms with van der Waals surface area (Å²) in [4.78, 5) is 8.37. The molecule has 4 atom stereocenters. The quantitative estimate of drug-likeness (QED) is 0.516. The van der Waals surface area contributed by atoms with E-state index in [1.807, 2.05) is 22.9 Å². The predicted molar refractivity (Wildman–Crippen MR) is 118 cm³/mol. The van der Waals surface area contributed by atoms with Crippen LogP contribution in [0.4, 0.5) is 5.82 Å². The van der Waals surface area contributed by atoms with Crippen LogP contribution in [-0.2, 0) is 12.8 Å². The van der Waals surface area contributed by atoms with E-state index >= 15 is 0 Å².